The van der Waals surface area contributed by atoms with Gasteiger partial charge < -0.3 is 13.9 Å². The van der Waals surface area contributed by atoms with Crippen LogP contribution in [-0.4, -0.2) is 30.8 Å². The minimum Gasteiger partial charge on any atom is -0.497 e. The number of nitro benzene ring substituents is 1. The van der Waals surface area contributed by atoms with Gasteiger partial charge in [0.15, 0.2) is 6.61 Å². The van der Waals surface area contributed by atoms with Gasteiger partial charge in [-0.05, 0) is 48.5 Å². The molecule has 0 saturated heterocycles. The number of carbonyl (C=O) groups excluding carboxylic acids is 1. The van der Waals surface area contributed by atoms with Gasteiger partial charge in [-0.3, -0.25) is 14.9 Å². The number of benzene rings is 2. The Morgan fingerprint density at radius 2 is 1.79 bits per heavy atom. The van der Waals surface area contributed by atoms with Crippen LogP contribution in [0.5, 0.6) is 11.5 Å². The maximum atomic E-state index is 11.8. The van der Waals surface area contributed by atoms with E-state index in [1.165, 1.54) is 18.3 Å². The first-order valence-corrected chi connectivity index (χ1v) is 8.48. The Labute approximate surface area is 165 Å². The Morgan fingerprint density at radius 3 is 2.45 bits per heavy atom. The van der Waals surface area contributed by atoms with Crippen LogP contribution in [0.1, 0.15) is 5.76 Å². The van der Waals surface area contributed by atoms with Crippen LogP contribution < -0.4 is 14.9 Å². The highest BCUT2D eigenvalue weighted by Crippen LogP contribution is 2.24. The molecule has 0 aliphatic rings. The summed E-state index contributed by atoms with van der Waals surface area (Å²) in [5.74, 6) is 1.73. The first-order chi connectivity index (χ1) is 14.0. The van der Waals surface area contributed by atoms with E-state index in [1.54, 1.807) is 55.6 Å². The van der Waals surface area contributed by atoms with Crippen molar-refractivity contribution in [2.75, 3.05) is 13.7 Å². The summed E-state index contributed by atoms with van der Waals surface area (Å²) in [4.78, 5) is 22.0. The van der Waals surface area contributed by atoms with Gasteiger partial charge in [-0.25, -0.2) is 5.43 Å². The number of amides is 1. The Bertz CT molecular complexity index is 1010. The number of rotatable bonds is 8. The van der Waals surface area contributed by atoms with Crippen molar-refractivity contribution in [2.45, 2.75) is 0 Å². The minimum absolute atomic E-state index is 0.00154. The molecule has 1 heterocycles. The van der Waals surface area contributed by atoms with Crippen LogP contribution in [0.25, 0.3) is 11.3 Å². The number of nitrogens with one attached hydrogen (secondary N) is 1. The Morgan fingerprint density at radius 1 is 1.10 bits per heavy atom. The molecule has 1 aromatic heterocycles. The number of nitrogens with zero attached hydrogens (tertiary/aromatic N) is 2. The average molecular weight is 395 g/mol. The zero-order valence-corrected chi connectivity index (χ0v) is 15.4. The van der Waals surface area contributed by atoms with E-state index in [9.17, 15) is 14.9 Å². The van der Waals surface area contributed by atoms with Crippen LogP contribution in [0.15, 0.2) is 70.2 Å². The standard InChI is InChI=1S/C20H17N3O6/c1-27-16-6-8-17(9-7-16)28-13-20(24)22-21-12-18-10-11-19(29-18)14-2-4-15(5-3-14)23(25)26/h2-12H,13H2,1H3,(H,22,24)/b21-12+. The van der Waals surface area contributed by atoms with Crippen molar-refractivity contribution in [3.63, 3.8) is 0 Å². The second-order valence-electron chi connectivity index (χ2n) is 5.76. The van der Waals surface area contributed by atoms with Crippen LogP contribution in [0, 0.1) is 10.1 Å². The predicted molar refractivity (Wildman–Crippen MR) is 105 cm³/mol. The third-order valence-electron chi connectivity index (χ3n) is 3.80. The maximum absolute atomic E-state index is 11.8. The lowest BCUT2D eigenvalue weighted by Gasteiger charge is -2.05. The fourth-order valence-corrected chi connectivity index (χ4v) is 2.35. The molecule has 0 atom stereocenters. The minimum atomic E-state index is -0.467. The van der Waals surface area contributed by atoms with Gasteiger partial charge in [-0.1, -0.05) is 0 Å². The number of furan rings is 1. The monoisotopic (exact) mass is 395 g/mol. The van der Waals surface area contributed by atoms with Gasteiger partial charge in [0.05, 0.1) is 18.2 Å². The molecule has 1 amide bonds. The topological polar surface area (TPSA) is 116 Å². The number of hydrogen-bond donors (Lipinski definition) is 1. The quantitative estimate of drug-likeness (QED) is 0.355. The molecular weight excluding hydrogens is 378 g/mol. The Hall–Kier alpha value is -4.14. The van der Waals surface area contributed by atoms with Gasteiger partial charge in [-0.2, -0.15) is 5.10 Å². The summed E-state index contributed by atoms with van der Waals surface area (Å²) in [6, 6.07) is 16.2. The molecule has 1 N–H and O–H groups in total. The molecule has 0 spiro atoms. The van der Waals surface area contributed by atoms with Gasteiger partial charge >= 0.3 is 0 Å². The molecule has 2 aromatic carbocycles. The van der Waals surface area contributed by atoms with Crippen molar-refractivity contribution in [1.82, 2.24) is 5.43 Å². The Balaban J connectivity index is 1.50. The third kappa shape index (κ3) is 5.42. The van der Waals surface area contributed by atoms with E-state index in [0.29, 0.717) is 28.6 Å². The van der Waals surface area contributed by atoms with Crippen molar-refractivity contribution < 1.29 is 23.6 Å². The molecule has 0 bridgehead atoms. The zero-order valence-electron chi connectivity index (χ0n) is 15.4. The highest BCUT2D eigenvalue weighted by atomic mass is 16.6. The summed E-state index contributed by atoms with van der Waals surface area (Å²) in [7, 11) is 1.56. The highest BCUT2D eigenvalue weighted by molar-refractivity contribution is 5.81. The van der Waals surface area contributed by atoms with Gasteiger partial charge in [0, 0.05) is 17.7 Å². The normalized spacial score (nSPS) is 10.7. The molecule has 9 nitrogen and oxygen atoms in total. The van der Waals surface area contributed by atoms with E-state index in [4.69, 9.17) is 13.9 Å². The summed E-state index contributed by atoms with van der Waals surface area (Å²) in [6.45, 7) is -0.199. The van der Waals surface area contributed by atoms with E-state index < -0.39 is 10.8 Å². The van der Waals surface area contributed by atoms with E-state index in [2.05, 4.69) is 10.5 Å². The molecule has 3 rings (SSSR count). The molecule has 29 heavy (non-hydrogen) atoms. The van der Waals surface area contributed by atoms with Crippen molar-refractivity contribution in [2.24, 2.45) is 5.10 Å². The van der Waals surface area contributed by atoms with Crippen LogP contribution in [0.2, 0.25) is 0 Å². The summed E-state index contributed by atoms with van der Waals surface area (Å²) in [6.07, 6.45) is 1.35. The third-order valence-corrected chi connectivity index (χ3v) is 3.80. The lowest BCUT2D eigenvalue weighted by molar-refractivity contribution is -0.384. The highest BCUT2D eigenvalue weighted by Gasteiger charge is 2.08. The largest absolute Gasteiger partial charge is 0.497 e. The number of methoxy groups -OCH3 is 1. The Kier molecular flexibility index (Phi) is 6.21. The van der Waals surface area contributed by atoms with Crippen LogP contribution in [0.3, 0.4) is 0 Å². The summed E-state index contributed by atoms with van der Waals surface area (Å²) in [5.41, 5.74) is 3.03. The lowest BCUT2D eigenvalue weighted by atomic mass is 10.1. The molecule has 0 aliphatic heterocycles. The smallest absolute Gasteiger partial charge is 0.277 e. The summed E-state index contributed by atoms with van der Waals surface area (Å²) < 4.78 is 16.0. The fourth-order valence-electron chi connectivity index (χ4n) is 2.35. The van der Waals surface area contributed by atoms with E-state index in [0.717, 1.165) is 0 Å². The second kappa shape index (κ2) is 9.18. The predicted octanol–water partition coefficient (Wildman–Crippen LogP) is 3.39. The molecule has 0 radical (unpaired) electrons. The van der Waals surface area contributed by atoms with Gasteiger partial charge in [0.25, 0.3) is 11.6 Å². The van der Waals surface area contributed by atoms with Crippen molar-refractivity contribution >= 4 is 17.8 Å². The zero-order chi connectivity index (χ0) is 20.6. The number of non-ortho nitro benzene ring substituents is 1. The lowest BCUT2D eigenvalue weighted by Crippen LogP contribution is -2.24. The first kappa shape index (κ1) is 19.6. The first-order valence-electron chi connectivity index (χ1n) is 8.48. The molecule has 9 heteroatoms. The van der Waals surface area contributed by atoms with Crippen LogP contribution in [-0.2, 0) is 4.79 Å². The number of carbonyl (C=O) groups is 1. The molecular formula is C20H17N3O6. The average Bonchev–Trinajstić information content (AvgIpc) is 3.21. The molecule has 0 saturated carbocycles. The van der Waals surface area contributed by atoms with E-state index >= 15 is 0 Å². The van der Waals surface area contributed by atoms with Crippen LogP contribution in [0.4, 0.5) is 5.69 Å². The van der Waals surface area contributed by atoms with Crippen molar-refractivity contribution in [3.05, 3.63) is 76.5 Å². The number of ether oxygens (including phenoxy) is 2. The van der Waals surface area contributed by atoms with Crippen LogP contribution >= 0.6 is 0 Å². The second-order valence-corrected chi connectivity index (χ2v) is 5.76. The number of hydrogen-bond acceptors (Lipinski definition) is 7. The molecule has 148 valence electrons. The fraction of sp³-hybridized carbons (Fsp3) is 0.100. The summed E-state index contributed by atoms with van der Waals surface area (Å²) in [5, 5.41) is 14.5. The van der Waals surface area contributed by atoms with Crippen molar-refractivity contribution in [1.29, 1.82) is 0 Å². The maximum Gasteiger partial charge on any atom is 0.277 e. The molecule has 0 fully saturated rings. The van der Waals surface area contributed by atoms with E-state index in [1.807, 2.05) is 0 Å². The van der Waals surface area contributed by atoms with Gasteiger partial charge in [-0.15, -0.1) is 0 Å². The number of hydrazone groups is 1. The SMILES string of the molecule is COc1ccc(OCC(=O)N/N=C/c2ccc(-c3ccc([N+](=O)[O-])cc3)o2)cc1. The van der Waals surface area contributed by atoms with Gasteiger partial charge in [0.2, 0.25) is 0 Å². The summed E-state index contributed by atoms with van der Waals surface area (Å²) >= 11 is 0. The molecule has 3 aromatic rings. The molecule has 0 unspecified atom stereocenters. The van der Waals surface area contributed by atoms with Gasteiger partial charge in [0.1, 0.15) is 23.0 Å². The van der Waals surface area contributed by atoms with Crippen molar-refractivity contribution in [3.8, 4) is 22.8 Å². The van der Waals surface area contributed by atoms with E-state index in [-0.39, 0.29) is 12.3 Å². The number of nitro groups is 1. The molecule has 0 aliphatic carbocycles.